The van der Waals surface area contributed by atoms with Gasteiger partial charge in [-0.25, -0.2) is 0 Å². The Kier molecular flexibility index (Phi) is 4.62. The summed E-state index contributed by atoms with van der Waals surface area (Å²) in [4.78, 5) is 12.4. The van der Waals surface area contributed by atoms with Crippen LogP contribution in [0.25, 0.3) is 0 Å². The van der Waals surface area contributed by atoms with Crippen molar-refractivity contribution in [3.63, 3.8) is 0 Å². The molecule has 18 heavy (non-hydrogen) atoms. The molecule has 4 heteroatoms. The molecule has 0 radical (unpaired) electrons. The van der Waals surface area contributed by atoms with Crippen LogP contribution in [0.4, 0.5) is 0 Å². The average Bonchev–Trinajstić information content (AvgIpc) is 2.42. The molecule has 2 atom stereocenters. The second-order valence-corrected chi connectivity index (χ2v) is 5.88. The van der Waals surface area contributed by atoms with Gasteiger partial charge in [0.15, 0.2) is 0 Å². The first-order chi connectivity index (χ1) is 8.68. The van der Waals surface area contributed by atoms with Crippen LogP contribution in [0.5, 0.6) is 0 Å². The maximum atomic E-state index is 12.4. The van der Waals surface area contributed by atoms with Gasteiger partial charge in [-0.3, -0.25) is 4.79 Å². The summed E-state index contributed by atoms with van der Waals surface area (Å²) in [5.41, 5.74) is 5.81. The smallest absolute Gasteiger partial charge is 0.223 e. The maximum Gasteiger partial charge on any atom is 0.223 e. The fourth-order valence-corrected chi connectivity index (χ4v) is 3.26. The largest absolute Gasteiger partial charge is 0.381 e. The third-order valence-electron chi connectivity index (χ3n) is 4.78. The summed E-state index contributed by atoms with van der Waals surface area (Å²) in [5, 5.41) is 3.28. The van der Waals surface area contributed by atoms with Crippen LogP contribution in [0.2, 0.25) is 0 Å². The van der Waals surface area contributed by atoms with E-state index in [1.165, 1.54) is 19.3 Å². The summed E-state index contributed by atoms with van der Waals surface area (Å²) in [7, 11) is 0. The van der Waals surface area contributed by atoms with Gasteiger partial charge in [-0.05, 0) is 31.6 Å². The lowest BCUT2D eigenvalue weighted by Crippen LogP contribution is -2.60. The van der Waals surface area contributed by atoms with Crippen LogP contribution in [-0.4, -0.2) is 31.2 Å². The number of carbonyl (C=O) groups excluding carboxylic acids is 1. The van der Waals surface area contributed by atoms with Gasteiger partial charge in [0.1, 0.15) is 0 Å². The molecule has 1 heterocycles. The molecule has 1 saturated heterocycles. The number of rotatable bonds is 3. The van der Waals surface area contributed by atoms with Crippen molar-refractivity contribution in [3.05, 3.63) is 0 Å². The van der Waals surface area contributed by atoms with E-state index in [1.807, 2.05) is 0 Å². The minimum absolute atomic E-state index is 0.122. The first kappa shape index (κ1) is 13.8. The summed E-state index contributed by atoms with van der Waals surface area (Å²) in [5.74, 6) is 0.800. The van der Waals surface area contributed by atoms with Crippen LogP contribution in [-0.2, 0) is 9.53 Å². The molecule has 0 bridgehead atoms. The van der Waals surface area contributed by atoms with Crippen molar-refractivity contribution >= 4 is 5.91 Å². The van der Waals surface area contributed by atoms with Crippen molar-refractivity contribution in [3.8, 4) is 0 Å². The zero-order valence-corrected chi connectivity index (χ0v) is 11.4. The van der Waals surface area contributed by atoms with Crippen LogP contribution >= 0.6 is 0 Å². The number of nitrogens with one attached hydrogen (secondary N) is 1. The van der Waals surface area contributed by atoms with E-state index in [-0.39, 0.29) is 17.4 Å². The molecule has 0 aromatic rings. The average molecular weight is 254 g/mol. The van der Waals surface area contributed by atoms with Crippen LogP contribution < -0.4 is 11.1 Å². The normalized spacial score (nSPS) is 34.2. The minimum atomic E-state index is -0.159. The third kappa shape index (κ3) is 2.86. The van der Waals surface area contributed by atoms with Gasteiger partial charge < -0.3 is 15.8 Å². The summed E-state index contributed by atoms with van der Waals surface area (Å²) in [6.07, 6.45) is 6.33. The van der Waals surface area contributed by atoms with Gasteiger partial charge in [0.2, 0.25) is 5.91 Å². The molecular weight excluding hydrogens is 228 g/mol. The highest BCUT2D eigenvalue weighted by Gasteiger charge is 2.39. The summed E-state index contributed by atoms with van der Waals surface area (Å²) < 4.78 is 5.31. The number of amides is 1. The second-order valence-electron chi connectivity index (χ2n) is 5.88. The van der Waals surface area contributed by atoms with Crippen molar-refractivity contribution in [2.45, 2.75) is 51.0 Å². The molecule has 1 saturated carbocycles. The highest BCUT2D eigenvalue weighted by atomic mass is 16.5. The first-order valence-electron chi connectivity index (χ1n) is 7.28. The quantitative estimate of drug-likeness (QED) is 0.801. The van der Waals surface area contributed by atoms with Crippen LogP contribution in [0, 0.1) is 11.8 Å². The zero-order valence-electron chi connectivity index (χ0n) is 11.4. The maximum absolute atomic E-state index is 12.4. The number of hydrogen-bond acceptors (Lipinski definition) is 3. The van der Waals surface area contributed by atoms with E-state index in [9.17, 15) is 4.79 Å². The van der Waals surface area contributed by atoms with Crippen molar-refractivity contribution in [2.24, 2.45) is 17.6 Å². The molecule has 0 aromatic carbocycles. The minimum Gasteiger partial charge on any atom is -0.381 e. The zero-order chi connectivity index (χ0) is 13.0. The van der Waals surface area contributed by atoms with E-state index in [4.69, 9.17) is 10.5 Å². The molecule has 1 amide bonds. The Hall–Kier alpha value is -0.610. The third-order valence-corrected chi connectivity index (χ3v) is 4.78. The van der Waals surface area contributed by atoms with Gasteiger partial charge in [-0.15, -0.1) is 0 Å². The summed E-state index contributed by atoms with van der Waals surface area (Å²) >= 11 is 0. The fourth-order valence-electron chi connectivity index (χ4n) is 3.26. The molecule has 2 fully saturated rings. The van der Waals surface area contributed by atoms with Gasteiger partial charge in [0.05, 0.1) is 5.54 Å². The molecular formula is C14H26N2O2. The lowest BCUT2D eigenvalue weighted by molar-refractivity contribution is -0.131. The Morgan fingerprint density at radius 2 is 2.06 bits per heavy atom. The van der Waals surface area contributed by atoms with Gasteiger partial charge in [0.25, 0.3) is 0 Å². The molecule has 2 unspecified atom stereocenters. The van der Waals surface area contributed by atoms with E-state index in [0.29, 0.717) is 25.7 Å². The van der Waals surface area contributed by atoms with E-state index in [2.05, 4.69) is 12.2 Å². The standard InChI is InChI=1S/C14H26N2O2/c1-11-4-2-3-7-14(11,10-15)16-13(17)12-5-8-18-9-6-12/h11-12H,2-10,15H2,1H3,(H,16,17). The van der Waals surface area contributed by atoms with E-state index in [1.54, 1.807) is 0 Å². The van der Waals surface area contributed by atoms with Crippen molar-refractivity contribution < 1.29 is 9.53 Å². The molecule has 4 nitrogen and oxygen atoms in total. The molecule has 0 spiro atoms. The monoisotopic (exact) mass is 254 g/mol. The highest BCUT2D eigenvalue weighted by Crippen LogP contribution is 2.33. The van der Waals surface area contributed by atoms with E-state index < -0.39 is 0 Å². The first-order valence-corrected chi connectivity index (χ1v) is 7.28. The molecule has 3 N–H and O–H groups in total. The number of ether oxygens (including phenoxy) is 1. The van der Waals surface area contributed by atoms with Crippen molar-refractivity contribution in [1.29, 1.82) is 0 Å². The molecule has 104 valence electrons. The van der Waals surface area contributed by atoms with Crippen LogP contribution in [0.15, 0.2) is 0 Å². The fraction of sp³-hybridized carbons (Fsp3) is 0.929. The SMILES string of the molecule is CC1CCCCC1(CN)NC(=O)C1CCOCC1. The lowest BCUT2D eigenvalue weighted by Gasteiger charge is -2.43. The Morgan fingerprint density at radius 3 is 2.67 bits per heavy atom. The van der Waals surface area contributed by atoms with E-state index >= 15 is 0 Å². The number of carbonyl (C=O) groups is 1. The van der Waals surface area contributed by atoms with Gasteiger partial charge in [0, 0.05) is 25.7 Å². The van der Waals surface area contributed by atoms with Gasteiger partial charge >= 0.3 is 0 Å². The Bertz CT molecular complexity index is 290. The predicted molar refractivity (Wildman–Crippen MR) is 71.1 cm³/mol. The van der Waals surface area contributed by atoms with E-state index in [0.717, 1.165) is 19.3 Å². The Balaban J connectivity index is 1.98. The second kappa shape index (κ2) is 6.02. The van der Waals surface area contributed by atoms with Crippen molar-refractivity contribution in [1.82, 2.24) is 5.32 Å². The Morgan fingerprint density at radius 1 is 1.33 bits per heavy atom. The Labute approximate surface area is 110 Å². The van der Waals surface area contributed by atoms with Crippen LogP contribution in [0.3, 0.4) is 0 Å². The summed E-state index contributed by atoms with van der Waals surface area (Å²) in [6.45, 7) is 4.20. The molecule has 1 aliphatic heterocycles. The molecule has 1 aliphatic carbocycles. The molecule has 0 aromatic heterocycles. The van der Waals surface area contributed by atoms with Gasteiger partial charge in [-0.2, -0.15) is 0 Å². The number of nitrogens with two attached hydrogens (primary N) is 1. The van der Waals surface area contributed by atoms with Crippen LogP contribution in [0.1, 0.15) is 45.4 Å². The molecule has 2 aliphatic rings. The lowest BCUT2D eigenvalue weighted by atomic mass is 9.73. The molecule has 2 rings (SSSR count). The highest BCUT2D eigenvalue weighted by molar-refractivity contribution is 5.79. The number of hydrogen-bond donors (Lipinski definition) is 2. The predicted octanol–water partition coefficient (Wildman–Crippen LogP) is 1.44. The van der Waals surface area contributed by atoms with Gasteiger partial charge in [-0.1, -0.05) is 19.8 Å². The summed E-state index contributed by atoms with van der Waals surface area (Å²) in [6, 6.07) is 0. The van der Waals surface area contributed by atoms with Crippen molar-refractivity contribution in [2.75, 3.05) is 19.8 Å². The topological polar surface area (TPSA) is 64.3 Å².